The Balaban J connectivity index is 2.67. The third-order valence-electron chi connectivity index (χ3n) is 2.57. The van der Waals surface area contributed by atoms with E-state index in [0.29, 0.717) is 10.0 Å². The van der Waals surface area contributed by atoms with Crippen LogP contribution in [0.2, 0.25) is 10.0 Å². The van der Waals surface area contributed by atoms with Gasteiger partial charge in [0.2, 0.25) is 0 Å². The highest BCUT2D eigenvalue weighted by molar-refractivity contribution is 6.42. The van der Waals surface area contributed by atoms with Crippen molar-refractivity contribution in [3.05, 3.63) is 28.0 Å². The van der Waals surface area contributed by atoms with Crippen molar-refractivity contribution in [2.75, 3.05) is 0 Å². The largest absolute Gasteiger partial charge is 0.314 e. The van der Waals surface area contributed by atoms with E-state index in [0.717, 1.165) is 29.7 Å². The van der Waals surface area contributed by atoms with E-state index in [1.807, 2.05) is 4.57 Å². The van der Waals surface area contributed by atoms with Crippen LogP contribution < -0.4 is 0 Å². The molecule has 2 aromatic rings. The van der Waals surface area contributed by atoms with Crippen LogP contribution in [-0.2, 0) is 13.0 Å². The average molecular weight is 268 g/mol. The quantitative estimate of drug-likeness (QED) is 0.849. The summed E-state index contributed by atoms with van der Waals surface area (Å²) < 4.78 is 1.89. The van der Waals surface area contributed by atoms with Crippen LogP contribution in [0, 0.1) is 11.3 Å². The second-order valence-electron chi connectivity index (χ2n) is 3.78. The predicted octanol–water partition coefficient (Wildman–Crippen LogP) is 3.82. The van der Waals surface area contributed by atoms with Crippen LogP contribution in [0.4, 0.5) is 0 Å². The van der Waals surface area contributed by atoms with Crippen LogP contribution in [-0.4, -0.2) is 9.55 Å². The van der Waals surface area contributed by atoms with Gasteiger partial charge in [-0.1, -0.05) is 30.1 Å². The molecule has 2 rings (SSSR count). The number of hydrogen-bond acceptors (Lipinski definition) is 2. The van der Waals surface area contributed by atoms with E-state index in [1.54, 1.807) is 12.1 Å². The molecule has 0 unspecified atom stereocenters. The van der Waals surface area contributed by atoms with Gasteiger partial charge in [-0.25, -0.2) is 4.98 Å². The molecule has 0 N–H and O–H groups in total. The second kappa shape index (κ2) is 4.95. The van der Waals surface area contributed by atoms with Crippen molar-refractivity contribution in [3.63, 3.8) is 0 Å². The SMILES string of the molecule is CCCc1nc2cc(Cl)c(Cl)cc2n1CC#N. The van der Waals surface area contributed by atoms with E-state index < -0.39 is 0 Å². The van der Waals surface area contributed by atoms with Crippen molar-refractivity contribution in [1.82, 2.24) is 9.55 Å². The summed E-state index contributed by atoms with van der Waals surface area (Å²) in [4.78, 5) is 4.49. The number of aromatic nitrogens is 2. The van der Waals surface area contributed by atoms with Crippen molar-refractivity contribution in [2.45, 2.75) is 26.3 Å². The number of benzene rings is 1. The molecule has 1 aromatic heterocycles. The molecule has 0 atom stereocenters. The summed E-state index contributed by atoms with van der Waals surface area (Å²) in [5.74, 6) is 0.905. The zero-order valence-electron chi connectivity index (χ0n) is 9.37. The molecule has 3 nitrogen and oxygen atoms in total. The minimum absolute atomic E-state index is 0.282. The predicted molar refractivity (Wildman–Crippen MR) is 69.4 cm³/mol. The fourth-order valence-corrected chi connectivity index (χ4v) is 2.15. The normalized spacial score (nSPS) is 10.7. The fraction of sp³-hybridized carbons (Fsp3) is 0.333. The van der Waals surface area contributed by atoms with Crippen LogP contribution in [0.1, 0.15) is 19.2 Å². The van der Waals surface area contributed by atoms with Gasteiger partial charge in [-0.05, 0) is 18.6 Å². The molecule has 0 aliphatic carbocycles. The summed E-state index contributed by atoms with van der Waals surface area (Å²) in [5.41, 5.74) is 1.66. The Kier molecular flexibility index (Phi) is 3.56. The monoisotopic (exact) mass is 267 g/mol. The number of aryl methyl sites for hydroxylation is 1. The number of halogens is 2. The van der Waals surface area contributed by atoms with E-state index in [9.17, 15) is 0 Å². The number of nitriles is 1. The molecule has 5 heteroatoms. The molecule has 88 valence electrons. The van der Waals surface area contributed by atoms with E-state index in [2.05, 4.69) is 18.0 Å². The van der Waals surface area contributed by atoms with Gasteiger partial charge in [0.1, 0.15) is 12.4 Å². The molecule has 0 saturated heterocycles. The summed E-state index contributed by atoms with van der Waals surface area (Å²) in [6, 6.07) is 5.65. The van der Waals surface area contributed by atoms with Gasteiger partial charge in [0.05, 0.1) is 27.1 Å². The van der Waals surface area contributed by atoms with Gasteiger partial charge in [0.15, 0.2) is 0 Å². The zero-order chi connectivity index (χ0) is 12.4. The summed E-state index contributed by atoms with van der Waals surface area (Å²) in [7, 11) is 0. The Morgan fingerprint density at radius 2 is 2.06 bits per heavy atom. The molecule has 0 spiro atoms. The topological polar surface area (TPSA) is 41.6 Å². The van der Waals surface area contributed by atoms with Crippen molar-refractivity contribution < 1.29 is 0 Å². The third-order valence-corrected chi connectivity index (χ3v) is 3.29. The van der Waals surface area contributed by atoms with Crippen LogP contribution in [0.25, 0.3) is 11.0 Å². The standard InChI is InChI=1S/C12H11Cl2N3/c1-2-3-12-16-10-6-8(13)9(14)7-11(10)17(12)5-4-15/h6-7H,2-3,5H2,1H3. The summed E-state index contributed by atoms with van der Waals surface area (Å²) in [6.45, 7) is 2.36. The Labute approximate surface area is 110 Å². The minimum atomic E-state index is 0.282. The first-order valence-electron chi connectivity index (χ1n) is 5.38. The highest BCUT2D eigenvalue weighted by Gasteiger charge is 2.12. The van der Waals surface area contributed by atoms with Gasteiger partial charge in [0.25, 0.3) is 0 Å². The van der Waals surface area contributed by atoms with E-state index in [4.69, 9.17) is 28.5 Å². The summed E-state index contributed by atoms with van der Waals surface area (Å²) >= 11 is 11.9. The minimum Gasteiger partial charge on any atom is -0.314 e. The molecule has 0 saturated carbocycles. The first kappa shape index (κ1) is 12.2. The summed E-state index contributed by atoms with van der Waals surface area (Å²) in [5, 5.41) is 9.83. The summed E-state index contributed by atoms with van der Waals surface area (Å²) in [6.07, 6.45) is 1.82. The average Bonchev–Trinajstić information content (AvgIpc) is 2.59. The zero-order valence-corrected chi connectivity index (χ0v) is 10.9. The lowest BCUT2D eigenvalue weighted by atomic mass is 10.3. The molecule has 0 aliphatic rings. The molecule has 0 amide bonds. The maximum atomic E-state index is 8.86. The molecule has 0 aliphatic heterocycles. The Hall–Kier alpha value is -1.24. The third kappa shape index (κ3) is 2.24. The maximum absolute atomic E-state index is 8.86. The number of fused-ring (bicyclic) bond motifs is 1. The van der Waals surface area contributed by atoms with E-state index >= 15 is 0 Å². The van der Waals surface area contributed by atoms with Crippen LogP contribution in [0.5, 0.6) is 0 Å². The van der Waals surface area contributed by atoms with Crippen LogP contribution in [0.3, 0.4) is 0 Å². The molecule has 1 aromatic carbocycles. The Morgan fingerprint density at radius 3 is 2.71 bits per heavy atom. The van der Waals surface area contributed by atoms with Crippen molar-refractivity contribution >= 4 is 34.2 Å². The van der Waals surface area contributed by atoms with Gasteiger partial charge in [-0.3, -0.25) is 0 Å². The van der Waals surface area contributed by atoms with Gasteiger partial charge in [0, 0.05) is 6.42 Å². The van der Waals surface area contributed by atoms with Gasteiger partial charge in [-0.15, -0.1) is 0 Å². The Morgan fingerprint density at radius 1 is 1.35 bits per heavy atom. The lowest BCUT2D eigenvalue weighted by Crippen LogP contribution is -2.02. The molecular formula is C12H11Cl2N3. The van der Waals surface area contributed by atoms with E-state index in [-0.39, 0.29) is 6.54 Å². The molecule has 0 bridgehead atoms. The maximum Gasteiger partial charge on any atom is 0.111 e. The number of rotatable bonds is 3. The first-order chi connectivity index (χ1) is 8.17. The smallest absolute Gasteiger partial charge is 0.111 e. The van der Waals surface area contributed by atoms with Crippen LogP contribution in [0.15, 0.2) is 12.1 Å². The number of imidazole rings is 1. The van der Waals surface area contributed by atoms with Crippen molar-refractivity contribution in [1.29, 1.82) is 5.26 Å². The molecule has 0 radical (unpaired) electrons. The van der Waals surface area contributed by atoms with Crippen LogP contribution >= 0.6 is 23.2 Å². The second-order valence-corrected chi connectivity index (χ2v) is 4.59. The van der Waals surface area contributed by atoms with Crippen molar-refractivity contribution in [3.8, 4) is 6.07 Å². The molecular weight excluding hydrogens is 257 g/mol. The van der Waals surface area contributed by atoms with Gasteiger partial charge in [-0.2, -0.15) is 5.26 Å². The van der Waals surface area contributed by atoms with Gasteiger partial charge < -0.3 is 4.57 Å². The molecule has 1 heterocycles. The van der Waals surface area contributed by atoms with E-state index in [1.165, 1.54) is 0 Å². The number of hydrogen-bond donors (Lipinski definition) is 0. The lowest BCUT2D eigenvalue weighted by molar-refractivity contribution is 0.738. The van der Waals surface area contributed by atoms with Crippen molar-refractivity contribution in [2.24, 2.45) is 0 Å². The molecule has 0 fully saturated rings. The number of nitrogens with zero attached hydrogens (tertiary/aromatic N) is 3. The highest BCUT2D eigenvalue weighted by Crippen LogP contribution is 2.28. The Bertz CT molecular complexity index is 596. The van der Waals surface area contributed by atoms with Gasteiger partial charge >= 0.3 is 0 Å². The first-order valence-corrected chi connectivity index (χ1v) is 6.14. The lowest BCUT2D eigenvalue weighted by Gasteiger charge is -2.03. The fourth-order valence-electron chi connectivity index (χ4n) is 1.83. The highest BCUT2D eigenvalue weighted by atomic mass is 35.5. The molecule has 17 heavy (non-hydrogen) atoms.